The Labute approximate surface area is 109 Å². The number of aromatic amines is 1. The minimum atomic E-state index is -0.344. The number of H-pyrrole nitrogens is 1. The predicted octanol–water partition coefficient (Wildman–Crippen LogP) is 0.120. The van der Waals surface area contributed by atoms with Crippen LogP contribution in [0.25, 0.3) is 0 Å². The molecule has 0 aliphatic carbocycles. The number of carbonyl (C=O) groups is 1. The number of nitrogen functional groups attached to an aromatic ring is 1. The van der Waals surface area contributed by atoms with Crippen molar-refractivity contribution in [2.75, 3.05) is 12.3 Å². The van der Waals surface area contributed by atoms with Crippen molar-refractivity contribution < 1.29 is 9.53 Å². The van der Waals surface area contributed by atoms with Crippen molar-refractivity contribution >= 4 is 11.9 Å². The smallest absolute Gasteiger partial charge is 0.288 e. The van der Waals surface area contributed by atoms with Crippen molar-refractivity contribution in [2.24, 2.45) is 0 Å². The van der Waals surface area contributed by atoms with Gasteiger partial charge in [0, 0.05) is 6.42 Å². The summed E-state index contributed by atoms with van der Waals surface area (Å²) in [6, 6.07) is 7.85. The zero-order valence-corrected chi connectivity index (χ0v) is 10.1. The van der Waals surface area contributed by atoms with E-state index in [2.05, 4.69) is 20.5 Å². The predicted molar refractivity (Wildman–Crippen MR) is 67.7 cm³/mol. The normalized spacial score (nSPS) is 16.7. The van der Waals surface area contributed by atoms with E-state index < -0.39 is 0 Å². The molecule has 7 heteroatoms. The molecule has 0 saturated carbocycles. The van der Waals surface area contributed by atoms with Crippen LogP contribution in [0.2, 0.25) is 0 Å². The summed E-state index contributed by atoms with van der Waals surface area (Å²) in [5.74, 6) is 0.692. The third-order valence-corrected chi connectivity index (χ3v) is 2.92. The number of anilines is 1. The van der Waals surface area contributed by atoms with Gasteiger partial charge in [-0.1, -0.05) is 18.2 Å². The molecule has 1 aliphatic heterocycles. The summed E-state index contributed by atoms with van der Waals surface area (Å²) in [7, 11) is 0. The number of nitrogens with zero attached hydrogens (tertiary/aromatic N) is 2. The van der Waals surface area contributed by atoms with Crippen LogP contribution in [0.15, 0.2) is 24.3 Å². The van der Waals surface area contributed by atoms with Gasteiger partial charge in [-0.05, 0) is 11.6 Å². The van der Waals surface area contributed by atoms with Crippen molar-refractivity contribution in [2.45, 2.75) is 12.5 Å². The third-order valence-electron chi connectivity index (χ3n) is 2.92. The molecule has 1 unspecified atom stereocenters. The molecule has 0 fully saturated rings. The lowest BCUT2D eigenvalue weighted by atomic mass is 10.1. The van der Waals surface area contributed by atoms with E-state index in [0.717, 1.165) is 17.7 Å². The van der Waals surface area contributed by atoms with Crippen LogP contribution in [0, 0.1) is 0 Å². The number of nitrogens with one attached hydrogen (secondary N) is 2. The molecule has 0 saturated heterocycles. The Morgan fingerprint density at radius 2 is 2.37 bits per heavy atom. The molecule has 3 rings (SSSR count). The number of ether oxygens (including phenoxy) is 1. The molecule has 19 heavy (non-hydrogen) atoms. The quantitative estimate of drug-likeness (QED) is 0.726. The van der Waals surface area contributed by atoms with Crippen molar-refractivity contribution in [1.29, 1.82) is 0 Å². The van der Waals surface area contributed by atoms with Crippen LogP contribution in [0.4, 0.5) is 5.95 Å². The average Bonchev–Trinajstić information content (AvgIpc) is 3.01. The Kier molecular flexibility index (Phi) is 2.79. The highest BCUT2D eigenvalue weighted by Gasteiger charge is 2.23. The lowest BCUT2D eigenvalue weighted by Gasteiger charge is -2.10. The summed E-state index contributed by atoms with van der Waals surface area (Å²) in [6.45, 7) is 0.411. The Hall–Kier alpha value is -2.57. The molecule has 1 aromatic heterocycles. The van der Waals surface area contributed by atoms with Crippen molar-refractivity contribution in [3.05, 3.63) is 35.7 Å². The van der Waals surface area contributed by atoms with Gasteiger partial charge in [-0.25, -0.2) is 0 Å². The molecule has 0 bridgehead atoms. The molecule has 2 aromatic rings. The van der Waals surface area contributed by atoms with Crippen molar-refractivity contribution in [3.63, 3.8) is 0 Å². The van der Waals surface area contributed by atoms with Gasteiger partial charge < -0.3 is 15.8 Å². The number of benzene rings is 1. The number of nitrogens with two attached hydrogens (primary N) is 1. The van der Waals surface area contributed by atoms with Crippen molar-refractivity contribution in [1.82, 2.24) is 20.5 Å². The van der Waals surface area contributed by atoms with Gasteiger partial charge in [0.25, 0.3) is 5.91 Å². The van der Waals surface area contributed by atoms with Crippen LogP contribution in [0.1, 0.15) is 16.2 Å². The monoisotopic (exact) mass is 259 g/mol. The number of aromatic nitrogens is 3. The second kappa shape index (κ2) is 4.60. The Balaban J connectivity index is 1.56. The molecule has 0 spiro atoms. The van der Waals surface area contributed by atoms with E-state index >= 15 is 0 Å². The molecule has 1 aliphatic rings. The maximum atomic E-state index is 11.7. The number of para-hydroxylation sites is 1. The van der Waals surface area contributed by atoms with E-state index in [1.54, 1.807) is 0 Å². The lowest BCUT2D eigenvalue weighted by Crippen LogP contribution is -2.35. The van der Waals surface area contributed by atoms with Crippen LogP contribution in [-0.2, 0) is 6.42 Å². The van der Waals surface area contributed by atoms with E-state index in [9.17, 15) is 4.79 Å². The van der Waals surface area contributed by atoms with Crippen LogP contribution in [0.5, 0.6) is 5.75 Å². The molecule has 4 N–H and O–H groups in total. The van der Waals surface area contributed by atoms with Gasteiger partial charge >= 0.3 is 0 Å². The van der Waals surface area contributed by atoms with E-state index in [1.165, 1.54) is 0 Å². The zero-order chi connectivity index (χ0) is 13.2. The van der Waals surface area contributed by atoms with E-state index in [1.807, 2.05) is 24.3 Å². The highest BCUT2D eigenvalue weighted by Crippen LogP contribution is 2.27. The number of amides is 1. The fraction of sp³-hybridized carbons (Fsp3) is 0.250. The Bertz CT molecular complexity index is 585. The number of hydrogen-bond acceptors (Lipinski definition) is 5. The first-order valence-electron chi connectivity index (χ1n) is 5.93. The molecule has 1 aromatic carbocycles. The highest BCUT2D eigenvalue weighted by molar-refractivity contribution is 5.90. The van der Waals surface area contributed by atoms with Crippen LogP contribution < -0.4 is 15.8 Å². The minimum Gasteiger partial charge on any atom is -0.488 e. The first-order valence-corrected chi connectivity index (χ1v) is 5.93. The second-order valence-electron chi connectivity index (χ2n) is 4.30. The summed E-state index contributed by atoms with van der Waals surface area (Å²) >= 11 is 0. The van der Waals surface area contributed by atoms with Gasteiger partial charge in [0.05, 0.1) is 6.54 Å². The van der Waals surface area contributed by atoms with E-state index in [4.69, 9.17) is 10.5 Å². The van der Waals surface area contributed by atoms with Gasteiger partial charge in [0.1, 0.15) is 11.9 Å². The number of hydrogen-bond donors (Lipinski definition) is 3. The van der Waals surface area contributed by atoms with Crippen molar-refractivity contribution in [3.8, 4) is 5.75 Å². The molecular weight excluding hydrogens is 246 g/mol. The summed E-state index contributed by atoms with van der Waals surface area (Å²) in [6.07, 6.45) is 0.733. The van der Waals surface area contributed by atoms with Gasteiger partial charge in [-0.15, -0.1) is 5.10 Å². The maximum Gasteiger partial charge on any atom is 0.288 e. The number of rotatable bonds is 3. The molecule has 1 atom stereocenters. The number of fused-ring (bicyclic) bond motifs is 1. The maximum absolute atomic E-state index is 11.7. The largest absolute Gasteiger partial charge is 0.488 e. The minimum absolute atomic E-state index is 0.0506. The standard InChI is InChI=1S/C12H13N5O2/c13-12-15-10(16-17-12)11(18)14-6-8-5-7-3-1-2-4-9(7)19-8/h1-4,8H,5-6H2,(H,14,18)(H3,13,15,16,17). The second-order valence-corrected chi connectivity index (χ2v) is 4.30. The lowest BCUT2D eigenvalue weighted by molar-refractivity contribution is 0.0923. The Morgan fingerprint density at radius 1 is 1.53 bits per heavy atom. The fourth-order valence-corrected chi connectivity index (χ4v) is 2.03. The highest BCUT2D eigenvalue weighted by atomic mass is 16.5. The van der Waals surface area contributed by atoms with Crippen LogP contribution in [0.3, 0.4) is 0 Å². The zero-order valence-electron chi connectivity index (χ0n) is 10.1. The van der Waals surface area contributed by atoms with Gasteiger partial charge in [-0.3, -0.25) is 9.89 Å². The number of carbonyl (C=O) groups excluding carboxylic acids is 1. The van der Waals surface area contributed by atoms with Gasteiger partial charge in [0.2, 0.25) is 11.8 Å². The van der Waals surface area contributed by atoms with Crippen LogP contribution >= 0.6 is 0 Å². The molecule has 2 heterocycles. The summed E-state index contributed by atoms with van der Waals surface area (Å²) < 4.78 is 5.71. The molecule has 98 valence electrons. The average molecular weight is 259 g/mol. The van der Waals surface area contributed by atoms with E-state index in [0.29, 0.717) is 6.54 Å². The SMILES string of the molecule is Nc1n[nH]c(C(=O)NCC2Cc3ccccc3O2)n1. The van der Waals surface area contributed by atoms with Gasteiger partial charge in [-0.2, -0.15) is 4.98 Å². The van der Waals surface area contributed by atoms with Gasteiger partial charge in [0.15, 0.2) is 0 Å². The molecule has 7 nitrogen and oxygen atoms in total. The summed E-state index contributed by atoms with van der Waals surface area (Å²) in [5.41, 5.74) is 6.49. The van der Waals surface area contributed by atoms with E-state index in [-0.39, 0.29) is 23.8 Å². The molecule has 0 radical (unpaired) electrons. The third kappa shape index (κ3) is 2.35. The summed E-state index contributed by atoms with van der Waals surface area (Å²) in [4.78, 5) is 15.5. The summed E-state index contributed by atoms with van der Waals surface area (Å²) in [5, 5.41) is 8.79. The molecule has 1 amide bonds. The Morgan fingerprint density at radius 3 is 3.11 bits per heavy atom. The first-order chi connectivity index (χ1) is 9.22. The molecular formula is C12H13N5O2. The van der Waals surface area contributed by atoms with Crippen LogP contribution in [-0.4, -0.2) is 33.7 Å². The first kappa shape index (κ1) is 11.5. The fourth-order valence-electron chi connectivity index (χ4n) is 2.03. The topological polar surface area (TPSA) is 106 Å².